The first-order valence-corrected chi connectivity index (χ1v) is 7.66. The molecule has 0 N–H and O–H groups in total. The Hall–Kier alpha value is -1.35. The third-order valence-corrected chi connectivity index (χ3v) is 3.26. The highest BCUT2D eigenvalue weighted by Gasteiger charge is 2.10. The Labute approximate surface area is 122 Å². The van der Waals surface area contributed by atoms with Crippen LogP contribution in [0.4, 0.5) is 0 Å². The Morgan fingerprint density at radius 3 is 2.40 bits per heavy atom. The summed E-state index contributed by atoms with van der Waals surface area (Å²) in [5.74, 6) is -0.430. The van der Waals surface area contributed by atoms with Gasteiger partial charge in [-0.2, -0.15) is 4.89 Å². The SMILES string of the molecule is CCCCCCCC[C@@H](C)OOC(=O)c1ccccc1. The smallest absolute Gasteiger partial charge is 0.293 e. The number of carbonyl (C=O) groups excluding carboxylic acids is 1. The molecule has 0 amide bonds. The van der Waals surface area contributed by atoms with Crippen LogP contribution >= 0.6 is 0 Å². The molecular formula is C17H26O3. The fourth-order valence-electron chi connectivity index (χ4n) is 2.01. The monoisotopic (exact) mass is 278 g/mol. The Balaban J connectivity index is 2.08. The van der Waals surface area contributed by atoms with Gasteiger partial charge in [-0.1, -0.05) is 63.6 Å². The van der Waals surface area contributed by atoms with Gasteiger partial charge in [0.1, 0.15) is 6.10 Å². The number of carbonyl (C=O) groups is 1. The summed E-state index contributed by atoms with van der Waals surface area (Å²) in [5.41, 5.74) is 0.513. The van der Waals surface area contributed by atoms with Gasteiger partial charge in [0.15, 0.2) is 0 Å². The molecule has 0 aliphatic heterocycles. The molecule has 0 heterocycles. The summed E-state index contributed by atoms with van der Waals surface area (Å²) in [6.07, 6.45) is 8.41. The lowest BCUT2D eigenvalue weighted by molar-refractivity contribution is -0.271. The average Bonchev–Trinajstić information content (AvgIpc) is 2.49. The maximum atomic E-state index is 11.7. The molecule has 0 radical (unpaired) electrons. The van der Waals surface area contributed by atoms with Crippen molar-refractivity contribution in [1.82, 2.24) is 0 Å². The zero-order valence-electron chi connectivity index (χ0n) is 12.6. The predicted octanol–water partition coefficient (Wildman–Crippen LogP) is 4.91. The van der Waals surface area contributed by atoms with E-state index in [4.69, 9.17) is 9.78 Å². The van der Waals surface area contributed by atoms with Gasteiger partial charge in [-0.05, 0) is 25.5 Å². The molecule has 0 saturated heterocycles. The Kier molecular flexibility index (Phi) is 8.72. The van der Waals surface area contributed by atoms with Gasteiger partial charge in [0, 0.05) is 0 Å². The second-order valence-electron chi connectivity index (χ2n) is 5.20. The number of hydrogen-bond acceptors (Lipinski definition) is 3. The summed E-state index contributed by atoms with van der Waals surface area (Å²) in [4.78, 5) is 21.6. The molecule has 0 saturated carbocycles. The van der Waals surface area contributed by atoms with Crippen LogP contribution in [0, 0.1) is 0 Å². The van der Waals surface area contributed by atoms with Crippen molar-refractivity contribution in [2.45, 2.75) is 64.9 Å². The van der Waals surface area contributed by atoms with E-state index in [2.05, 4.69) is 6.92 Å². The average molecular weight is 278 g/mol. The Bertz CT molecular complexity index is 362. The standard InChI is InChI=1S/C17H26O3/c1-3-4-5-6-7-9-12-15(2)19-20-17(18)16-13-10-8-11-14-16/h8,10-11,13-15H,3-7,9,12H2,1-2H3/t15-/m1/s1. The van der Waals surface area contributed by atoms with Gasteiger partial charge < -0.3 is 0 Å². The van der Waals surface area contributed by atoms with Crippen LogP contribution in [0.3, 0.4) is 0 Å². The van der Waals surface area contributed by atoms with E-state index in [1.165, 1.54) is 32.1 Å². The van der Waals surface area contributed by atoms with Gasteiger partial charge in [0.05, 0.1) is 5.56 Å². The third kappa shape index (κ3) is 7.29. The highest BCUT2D eigenvalue weighted by Crippen LogP contribution is 2.11. The fraction of sp³-hybridized carbons (Fsp3) is 0.588. The molecule has 0 spiro atoms. The van der Waals surface area contributed by atoms with Gasteiger partial charge in [0.2, 0.25) is 0 Å². The molecule has 0 unspecified atom stereocenters. The Morgan fingerprint density at radius 2 is 1.70 bits per heavy atom. The summed E-state index contributed by atoms with van der Waals surface area (Å²) >= 11 is 0. The summed E-state index contributed by atoms with van der Waals surface area (Å²) in [5, 5.41) is 0. The van der Waals surface area contributed by atoms with Crippen LogP contribution in [0.25, 0.3) is 0 Å². The molecule has 1 atom stereocenters. The van der Waals surface area contributed by atoms with E-state index in [1.807, 2.05) is 13.0 Å². The molecule has 20 heavy (non-hydrogen) atoms. The molecule has 3 nitrogen and oxygen atoms in total. The van der Waals surface area contributed by atoms with Gasteiger partial charge in [-0.25, -0.2) is 4.79 Å². The Morgan fingerprint density at radius 1 is 1.05 bits per heavy atom. The summed E-state index contributed by atoms with van der Waals surface area (Å²) in [6.45, 7) is 4.15. The predicted molar refractivity (Wildman–Crippen MR) is 80.4 cm³/mol. The van der Waals surface area contributed by atoms with E-state index in [0.29, 0.717) is 5.56 Å². The van der Waals surface area contributed by atoms with E-state index in [0.717, 1.165) is 12.8 Å². The maximum Gasteiger partial charge on any atom is 0.373 e. The minimum Gasteiger partial charge on any atom is -0.293 e. The van der Waals surface area contributed by atoms with Crippen LogP contribution in [-0.2, 0) is 9.78 Å². The van der Waals surface area contributed by atoms with E-state index >= 15 is 0 Å². The van der Waals surface area contributed by atoms with Crippen molar-refractivity contribution in [2.75, 3.05) is 0 Å². The highest BCUT2D eigenvalue weighted by atomic mass is 17.2. The van der Waals surface area contributed by atoms with Crippen molar-refractivity contribution in [2.24, 2.45) is 0 Å². The van der Waals surface area contributed by atoms with Crippen LogP contribution in [0.1, 0.15) is 69.2 Å². The topological polar surface area (TPSA) is 35.5 Å². The van der Waals surface area contributed by atoms with Crippen LogP contribution in [0.5, 0.6) is 0 Å². The van der Waals surface area contributed by atoms with E-state index in [9.17, 15) is 4.79 Å². The normalized spacial score (nSPS) is 12.1. The number of unbranched alkanes of at least 4 members (excludes halogenated alkanes) is 5. The van der Waals surface area contributed by atoms with Gasteiger partial charge in [0.25, 0.3) is 0 Å². The van der Waals surface area contributed by atoms with E-state index < -0.39 is 5.97 Å². The number of rotatable bonds is 10. The summed E-state index contributed by atoms with van der Waals surface area (Å²) in [6, 6.07) is 8.89. The molecule has 0 aromatic heterocycles. The molecule has 112 valence electrons. The lowest BCUT2D eigenvalue weighted by Crippen LogP contribution is -2.13. The zero-order chi connectivity index (χ0) is 14.6. The molecule has 0 aliphatic rings. The minimum atomic E-state index is -0.430. The summed E-state index contributed by atoms with van der Waals surface area (Å²) in [7, 11) is 0. The van der Waals surface area contributed by atoms with Crippen molar-refractivity contribution in [3.8, 4) is 0 Å². The second kappa shape index (κ2) is 10.4. The second-order valence-corrected chi connectivity index (χ2v) is 5.20. The van der Waals surface area contributed by atoms with E-state index in [-0.39, 0.29) is 6.10 Å². The van der Waals surface area contributed by atoms with Crippen molar-refractivity contribution in [3.63, 3.8) is 0 Å². The first kappa shape index (κ1) is 16.7. The molecule has 0 fully saturated rings. The molecule has 1 rings (SSSR count). The lowest BCUT2D eigenvalue weighted by Gasteiger charge is -2.11. The highest BCUT2D eigenvalue weighted by molar-refractivity contribution is 5.88. The van der Waals surface area contributed by atoms with Gasteiger partial charge in [-0.15, -0.1) is 0 Å². The minimum absolute atomic E-state index is 0.0474. The molecule has 0 bridgehead atoms. The molecule has 1 aromatic rings. The zero-order valence-corrected chi connectivity index (χ0v) is 12.6. The summed E-state index contributed by atoms with van der Waals surface area (Å²) < 4.78 is 0. The first-order chi connectivity index (χ1) is 9.74. The van der Waals surface area contributed by atoms with Gasteiger partial charge in [-0.3, -0.25) is 4.89 Å². The molecule has 1 aromatic carbocycles. The number of benzene rings is 1. The van der Waals surface area contributed by atoms with Gasteiger partial charge >= 0.3 is 5.97 Å². The van der Waals surface area contributed by atoms with Crippen molar-refractivity contribution in [1.29, 1.82) is 0 Å². The van der Waals surface area contributed by atoms with Crippen LogP contribution in [-0.4, -0.2) is 12.1 Å². The van der Waals surface area contributed by atoms with E-state index in [1.54, 1.807) is 24.3 Å². The molecule has 0 aliphatic carbocycles. The third-order valence-electron chi connectivity index (χ3n) is 3.26. The lowest BCUT2D eigenvalue weighted by atomic mass is 10.1. The van der Waals surface area contributed by atoms with Crippen LogP contribution < -0.4 is 0 Å². The molecule has 3 heteroatoms. The van der Waals surface area contributed by atoms with Crippen molar-refractivity contribution in [3.05, 3.63) is 35.9 Å². The maximum absolute atomic E-state index is 11.7. The fourth-order valence-corrected chi connectivity index (χ4v) is 2.01. The first-order valence-electron chi connectivity index (χ1n) is 7.66. The van der Waals surface area contributed by atoms with Crippen LogP contribution in [0.2, 0.25) is 0 Å². The number of hydrogen-bond donors (Lipinski definition) is 0. The molecular weight excluding hydrogens is 252 g/mol. The van der Waals surface area contributed by atoms with Crippen molar-refractivity contribution < 1.29 is 14.6 Å². The largest absolute Gasteiger partial charge is 0.373 e. The quantitative estimate of drug-likeness (QED) is 0.346. The van der Waals surface area contributed by atoms with Crippen molar-refractivity contribution >= 4 is 5.97 Å². The van der Waals surface area contributed by atoms with Crippen LogP contribution in [0.15, 0.2) is 30.3 Å².